The third-order valence-electron chi connectivity index (χ3n) is 2.61. The van der Waals surface area contributed by atoms with E-state index in [1.54, 1.807) is 19.2 Å². The molecular formula is C12H16N2O4. The largest absolute Gasteiger partial charge is 0.395 e. The fourth-order valence-corrected chi connectivity index (χ4v) is 1.54. The zero-order valence-electron chi connectivity index (χ0n) is 10.2. The molecule has 0 bridgehead atoms. The maximum absolute atomic E-state index is 11.6. The first-order chi connectivity index (χ1) is 8.54. The zero-order valence-corrected chi connectivity index (χ0v) is 10.2. The lowest BCUT2D eigenvalue weighted by Crippen LogP contribution is -2.29. The number of carbonyl (C=O) groups excluding carboxylic acids is 1. The normalized spacial score (nSPS) is 10.1. The van der Waals surface area contributed by atoms with E-state index in [-0.39, 0.29) is 24.6 Å². The van der Waals surface area contributed by atoms with Gasteiger partial charge in [0.25, 0.3) is 5.69 Å². The Kier molecular flexibility index (Phi) is 5.26. The quantitative estimate of drug-likeness (QED) is 0.604. The van der Waals surface area contributed by atoms with Crippen molar-refractivity contribution in [1.29, 1.82) is 0 Å². The van der Waals surface area contributed by atoms with E-state index < -0.39 is 4.92 Å². The van der Waals surface area contributed by atoms with Crippen LogP contribution in [0.4, 0.5) is 5.69 Å². The maximum atomic E-state index is 11.6. The van der Waals surface area contributed by atoms with E-state index in [0.29, 0.717) is 13.0 Å². The molecular weight excluding hydrogens is 236 g/mol. The number of carbonyl (C=O) groups is 1. The number of nitro benzene ring substituents is 1. The topological polar surface area (TPSA) is 83.7 Å². The van der Waals surface area contributed by atoms with Crippen molar-refractivity contribution >= 4 is 11.6 Å². The van der Waals surface area contributed by atoms with Crippen LogP contribution in [0.2, 0.25) is 0 Å². The summed E-state index contributed by atoms with van der Waals surface area (Å²) in [5.74, 6) is -0.0874. The average molecular weight is 252 g/mol. The monoisotopic (exact) mass is 252 g/mol. The van der Waals surface area contributed by atoms with Crippen LogP contribution in [0, 0.1) is 10.1 Å². The molecule has 0 radical (unpaired) electrons. The highest BCUT2D eigenvalue weighted by Gasteiger charge is 2.10. The van der Waals surface area contributed by atoms with Gasteiger partial charge < -0.3 is 10.0 Å². The number of non-ortho nitro benzene ring substituents is 1. The second-order valence-corrected chi connectivity index (χ2v) is 3.97. The molecule has 0 saturated carbocycles. The number of nitro groups is 1. The van der Waals surface area contributed by atoms with E-state index in [9.17, 15) is 14.9 Å². The summed E-state index contributed by atoms with van der Waals surface area (Å²) in [6.07, 6.45) is 0.730. The van der Waals surface area contributed by atoms with Crippen molar-refractivity contribution in [1.82, 2.24) is 4.90 Å². The van der Waals surface area contributed by atoms with Crippen molar-refractivity contribution in [2.45, 2.75) is 12.8 Å². The first-order valence-corrected chi connectivity index (χ1v) is 5.62. The fourth-order valence-electron chi connectivity index (χ4n) is 1.54. The second kappa shape index (κ2) is 6.70. The molecule has 18 heavy (non-hydrogen) atoms. The molecule has 6 heteroatoms. The summed E-state index contributed by atoms with van der Waals surface area (Å²) in [6.45, 7) is 0.229. The van der Waals surface area contributed by atoms with E-state index >= 15 is 0 Å². The molecule has 0 unspecified atom stereocenters. The Morgan fingerprint density at radius 3 is 2.83 bits per heavy atom. The molecule has 0 aliphatic heterocycles. The number of nitrogens with zero attached hydrogens (tertiary/aromatic N) is 2. The van der Waals surface area contributed by atoms with E-state index in [0.717, 1.165) is 5.56 Å². The SMILES string of the molecule is CN(CCO)C(=O)CCc1cccc([N+](=O)[O-])c1. The molecule has 1 N–H and O–H groups in total. The van der Waals surface area contributed by atoms with E-state index in [1.807, 2.05) is 0 Å². The van der Waals surface area contributed by atoms with Crippen LogP contribution >= 0.6 is 0 Å². The number of amides is 1. The van der Waals surface area contributed by atoms with Crippen LogP contribution in [0.3, 0.4) is 0 Å². The van der Waals surface area contributed by atoms with E-state index in [4.69, 9.17) is 5.11 Å². The standard InChI is InChI=1S/C12H16N2O4/c1-13(7-8-15)12(16)6-5-10-3-2-4-11(9-10)14(17)18/h2-4,9,15H,5-8H2,1H3. The first-order valence-electron chi connectivity index (χ1n) is 5.62. The van der Waals surface area contributed by atoms with E-state index in [1.165, 1.54) is 17.0 Å². The molecule has 1 aromatic rings. The molecule has 1 rings (SSSR count). The Bertz CT molecular complexity index is 434. The molecule has 0 spiro atoms. The zero-order chi connectivity index (χ0) is 13.5. The van der Waals surface area contributed by atoms with Crippen molar-refractivity contribution < 1.29 is 14.8 Å². The number of aliphatic hydroxyl groups excluding tert-OH is 1. The summed E-state index contributed by atoms with van der Waals surface area (Å²) in [7, 11) is 1.62. The van der Waals surface area contributed by atoms with Crippen molar-refractivity contribution in [3.05, 3.63) is 39.9 Å². The van der Waals surface area contributed by atoms with Crippen LogP contribution in [-0.4, -0.2) is 41.0 Å². The predicted molar refractivity (Wildman–Crippen MR) is 66.1 cm³/mol. The smallest absolute Gasteiger partial charge is 0.269 e. The van der Waals surface area contributed by atoms with Crippen LogP contribution in [-0.2, 0) is 11.2 Å². The molecule has 0 aromatic heterocycles. The lowest BCUT2D eigenvalue weighted by atomic mass is 10.1. The van der Waals surface area contributed by atoms with Crippen LogP contribution in [0.15, 0.2) is 24.3 Å². The molecule has 0 aliphatic carbocycles. The third-order valence-corrected chi connectivity index (χ3v) is 2.61. The van der Waals surface area contributed by atoms with Crippen molar-refractivity contribution in [2.75, 3.05) is 20.2 Å². The summed E-state index contributed by atoms with van der Waals surface area (Å²) >= 11 is 0. The lowest BCUT2D eigenvalue weighted by molar-refractivity contribution is -0.384. The van der Waals surface area contributed by atoms with Gasteiger partial charge in [-0.25, -0.2) is 0 Å². The van der Waals surface area contributed by atoms with Gasteiger partial charge in [-0.05, 0) is 12.0 Å². The van der Waals surface area contributed by atoms with Crippen molar-refractivity contribution in [3.8, 4) is 0 Å². The minimum Gasteiger partial charge on any atom is -0.395 e. The summed E-state index contributed by atoms with van der Waals surface area (Å²) in [4.78, 5) is 23.2. The minimum atomic E-state index is -0.455. The lowest BCUT2D eigenvalue weighted by Gasteiger charge is -2.15. The highest BCUT2D eigenvalue weighted by molar-refractivity contribution is 5.76. The highest BCUT2D eigenvalue weighted by Crippen LogP contribution is 2.14. The fraction of sp³-hybridized carbons (Fsp3) is 0.417. The van der Waals surface area contributed by atoms with Crippen molar-refractivity contribution in [2.24, 2.45) is 0 Å². The summed E-state index contributed by atoms with van der Waals surface area (Å²) in [6, 6.07) is 6.25. The number of rotatable bonds is 6. The average Bonchev–Trinajstić information content (AvgIpc) is 2.36. The molecule has 0 atom stereocenters. The van der Waals surface area contributed by atoms with Gasteiger partial charge in [0.2, 0.25) is 5.91 Å². The Hall–Kier alpha value is -1.95. The van der Waals surface area contributed by atoms with Gasteiger partial charge >= 0.3 is 0 Å². The molecule has 1 aromatic carbocycles. The molecule has 0 aliphatic rings. The van der Waals surface area contributed by atoms with Gasteiger partial charge in [0, 0.05) is 32.1 Å². The van der Waals surface area contributed by atoms with Crippen molar-refractivity contribution in [3.63, 3.8) is 0 Å². The third kappa shape index (κ3) is 4.14. The predicted octanol–water partition coefficient (Wildman–Crippen LogP) is 0.978. The number of benzene rings is 1. The molecule has 0 saturated heterocycles. The first kappa shape index (κ1) is 14.1. The minimum absolute atomic E-state index is 0.0312. The number of aryl methyl sites for hydroxylation is 1. The molecule has 98 valence electrons. The van der Waals surface area contributed by atoms with Gasteiger partial charge in [-0.1, -0.05) is 12.1 Å². The Balaban J connectivity index is 2.55. The Morgan fingerprint density at radius 2 is 2.22 bits per heavy atom. The molecule has 0 fully saturated rings. The summed E-state index contributed by atoms with van der Waals surface area (Å²) < 4.78 is 0. The summed E-state index contributed by atoms with van der Waals surface area (Å²) in [5, 5.41) is 19.3. The number of aliphatic hydroxyl groups is 1. The Labute approximate surface area is 105 Å². The van der Waals surface area contributed by atoms with Crippen LogP contribution in [0.1, 0.15) is 12.0 Å². The molecule has 0 heterocycles. The number of hydrogen-bond donors (Lipinski definition) is 1. The molecule has 6 nitrogen and oxygen atoms in total. The second-order valence-electron chi connectivity index (χ2n) is 3.97. The molecule has 1 amide bonds. The van der Waals surface area contributed by atoms with Crippen LogP contribution in [0.5, 0.6) is 0 Å². The van der Waals surface area contributed by atoms with Gasteiger partial charge in [-0.15, -0.1) is 0 Å². The van der Waals surface area contributed by atoms with E-state index in [2.05, 4.69) is 0 Å². The van der Waals surface area contributed by atoms with Gasteiger partial charge in [0.05, 0.1) is 11.5 Å². The maximum Gasteiger partial charge on any atom is 0.269 e. The van der Waals surface area contributed by atoms with Crippen LogP contribution < -0.4 is 0 Å². The number of likely N-dealkylation sites (N-methyl/N-ethyl adjacent to an activating group) is 1. The van der Waals surface area contributed by atoms with Gasteiger partial charge in [0.1, 0.15) is 0 Å². The number of hydrogen-bond acceptors (Lipinski definition) is 4. The Morgan fingerprint density at radius 1 is 1.50 bits per heavy atom. The van der Waals surface area contributed by atoms with Crippen LogP contribution in [0.25, 0.3) is 0 Å². The summed E-state index contributed by atoms with van der Waals surface area (Å²) in [5.41, 5.74) is 0.790. The van der Waals surface area contributed by atoms with Gasteiger partial charge in [-0.2, -0.15) is 0 Å². The highest BCUT2D eigenvalue weighted by atomic mass is 16.6. The van der Waals surface area contributed by atoms with Gasteiger partial charge in [0.15, 0.2) is 0 Å². The van der Waals surface area contributed by atoms with Gasteiger partial charge in [-0.3, -0.25) is 14.9 Å².